The summed E-state index contributed by atoms with van der Waals surface area (Å²) >= 11 is 0. The molecule has 220 valence electrons. The minimum absolute atomic E-state index is 0.00935. The van der Waals surface area contributed by atoms with Gasteiger partial charge < -0.3 is 19.9 Å². The lowest BCUT2D eigenvalue weighted by Gasteiger charge is -2.63. The Morgan fingerprint density at radius 1 is 1.05 bits per heavy atom. The first kappa shape index (κ1) is 26.9. The number of amides is 1. The molecule has 2 N–H and O–H groups in total. The van der Waals surface area contributed by atoms with E-state index in [0.717, 1.165) is 38.7 Å². The lowest BCUT2D eigenvalue weighted by molar-refractivity contribution is -0.182. The second-order valence-electron chi connectivity index (χ2n) is 16.0. The monoisotopic (exact) mass is 546 g/mol. The van der Waals surface area contributed by atoms with E-state index in [2.05, 4.69) is 39.9 Å². The number of nitrogens with one attached hydrogen (secondary N) is 1. The van der Waals surface area contributed by atoms with Crippen LogP contribution in [0.15, 0.2) is 0 Å². The molecule has 7 fully saturated rings. The molecular weight excluding hydrogens is 495 g/mol. The lowest BCUT2D eigenvalue weighted by atomic mass is 9.41. The summed E-state index contributed by atoms with van der Waals surface area (Å²) in [6.07, 6.45) is 7.73. The first-order valence-corrected chi connectivity index (χ1v) is 16.0. The van der Waals surface area contributed by atoms with Crippen LogP contribution in [-0.4, -0.2) is 73.4 Å². The molecule has 2 spiro atoms. The van der Waals surface area contributed by atoms with Crippen molar-refractivity contribution < 1.29 is 23.8 Å². The predicted octanol–water partition coefficient (Wildman–Crippen LogP) is 5.18. The number of alkyl carbamates (subject to hydrolysis) is 1. The molecule has 4 unspecified atom stereocenters. The number of halogens is 1. The molecule has 6 nitrogen and oxygen atoms in total. The molecule has 2 aliphatic heterocycles. The van der Waals surface area contributed by atoms with Crippen LogP contribution in [0, 0.1) is 50.7 Å². The van der Waals surface area contributed by atoms with Crippen LogP contribution >= 0.6 is 0 Å². The van der Waals surface area contributed by atoms with Crippen molar-refractivity contribution in [2.24, 2.45) is 50.7 Å². The molecule has 0 aromatic carbocycles. The zero-order valence-electron chi connectivity index (χ0n) is 24.8. The molecule has 11 atom stereocenters. The number of carbonyl (C=O) groups excluding carboxylic acids is 1. The highest BCUT2D eigenvalue weighted by molar-refractivity contribution is 5.67. The SMILES string of the molecule is C[C@@H]1CCOC2[C@H]1[C@@]1(C)CCC34C[C@@]35CC[C@H](OC(=O)NCCN3CC(F)C3)C(C)(C)[C@@H]5CCC4C1(C)[C@H]2O. The molecule has 7 rings (SSSR count). The van der Waals surface area contributed by atoms with E-state index in [9.17, 15) is 14.3 Å². The van der Waals surface area contributed by atoms with E-state index in [0.29, 0.717) is 60.7 Å². The van der Waals surface area contributed by atoms with Gasteiger partial charge in [0.25, 0.3) is 0 Å². The number of aliphatic hydroxyl groups is 1. The van der Waals surface area contributed by atoms with Gasteiger partial charge in [-0.3, -0.25) is 4.90 Å². The minimum Gasteiger partial charge on any atom is -0.446 e. The number of aliphatic hydroxyl groups excluding tert-OH is 1. The Labute approximate surface area is 234 Å². The summed E-state index contributed by atoms with van der Waals surface area (Å²) in [6.45, 7) is 14.9. The fraction of sp³-hybridized carbons (Fsp3) is 0.969. The molecule has 1 amide bonds. The summed E-state index contributed by atoms with van der Waals surface area (Å²) in [5, 5.41) is 14.9. The highest BCUT2D eigenvalue weighted by Crippen LogP contribution is 2.89. The summed E-state index contributed by atoms with van der Waals surface area (Å²) in [5.74, 6) is 2.14. The van der Waals surface area contributed by atoms with E-state index >= 15 is 0 Å². The molecule has 0 aromatic rings. The van der Waals surface area contributed by atoms with E-state index in [1.54, 1.807) is 0 Å². The first-order chi connectivity index (χ1) is 18.4. The molecule has 7 heteroatoms. The average Bonchev–Trinajstić information content (AvgIpc) is 3.49. The van der Waals surface area contributed by atoms with Gasteiger partial charge >= 0.3 is 6.09 Å². The average molecular weight is 547 g/mol. The summed E-state index contributed by atoms with van der Waals surface area (Å²) in [4.78, 5) is 14.8. The molecule has 2 saturated heterocycles. The summed E-state index contributed by atoms with van der Waals surface area (Å²) in [6, 6.07) is 0. The van der Waals surface area contributed by atoms with Gasteiger partial charge in [-0.25, -0.2) is 9.18 Å². The van der Waals surface area contributed by atoms with Gasteiger partial charge in [0.1, 0.15) is 12.3 Å². The molecule has 7 aliphatic rings. The summed E-state index contributed by atoms with van der Waals surface area (Å²) < 4.78 is 25.5. The van der Waals surface area contributed by atoms with E-state index < -0.39 is 6.17 Å². The summed E-state index contributed by atoms with van der Waals surface area (Å²) in [5.41, 5.74) is 0.574. The zero-order chi connectivity index (χ0) is 27.6. The zero-order valence-corrected chi connectivity index (χ0v) is 24.8. The fourth-order valence-corrected chi connectivity index (χ4v) is 12.5. The highest BCUT2D eigenvalue weighted by atomic mass is 19.1. The van der Waals surface area contributed by atoms with Crippen molar-refractivity contribution in [2.75, 3.05) is 32.8 Å². The predicted molar refractivity (Wildman–Crippen MR) is 147 cm³/mol. The van der Waals surface area contributed by atoms with Gasteiger partial charge in [-0.2, -0.15) is 0 Å². The maximum absolute atomic E-state index is 13.1. The topological polar surface area (TPSA) is 71.0 Å². The quantitative estimate of drug-likeness (QED) is 0.509. The van der Waals surface area contributed by atoms with E-state index in [4.69, 9.17) is 9.47 Å². The largest absolute Gasteiger partial charge is 0.446 e. The molecule has 0 bridgehead atoms. The van der Waals surface area contributed by atoms with Crippen LogP contribution in [0.25, 0.3) is 0 Å². The van der Waals surface area contributed by atoms with E-state index in [-0.39, 0.29) is 40.7 Å². The lowest BCUT2D eigenvalue weighted by Crippen LogP contribution is -2.60. The third-order valence-corrected chi connectivity index (χ3v) is 14.6. The number of carbonyl (C=O) groups is 1. The van der Waals surface area contributed by atoms with Crippen LogP contribution in [0.4, 0.5) is 9.18 Å². The number of nitrogens with zero attached hydrogens (tertiary/aromatic N) is 1. The Balaban J connectivity index is 1.07. The molecule has 5 aliphatic carbocycles. The standard InChI is InChI=1S/C32H51FN2O4/c1-19-9-15-38-25-24(19)29(4)11-12-32-18-31(32)10-8-23(39-27(37)34-13-14-35-16-20(33)17-35)28(2,3)21(31)6-7-22(32)30(29,5)26(25)36/h19-26,36H,6-18H2,1-5H3,(H,34,37)/t19-,21+,22?,23+,24+,25?,26+,29-,30?,31-,32?/m1/s1. The molecule has 39 heavy (non-hydrogen) atoms. The van der Waals surface area contributed by atoms with Gasteiger partial charge in [-0.15, -0.1) is 0 Å². The second-order valence-corrected chi connectivity index (χ2v) is 16.0. The smallest absolute Gasteiger partial charge is 0.407 e. The molecule has 2 heterocycles. The van der Waals surface area contributed by atoms with Crippen molar-refractivity contribution in [3.8, 4) is 0 Å². The van der Waals surface area contributed by atoms with Crippen LogP contribution in [0.5, 0.6) is 0 Å². The second kappa shape index (κ2) is 8.56. The van der Waals surface area contributed by atoms with Crippen LogP contribution in [0.1, 0.15) is 86.0 Å². The van der Waals surface area contributed by atoms with Crippen LogP contribution in [-0.2, 0) is 9.47 Å². The van der Waals surface area contributed by atoms with Crippen LogP contribution < -0.4 is 5.32 Å². The number of fused-ring (bicyclic) bond motifs is 4. The van der Waals surface area contributed by atoms with Gasteiger partial charge in [-0.1, -0.05) is 34.6 Å². The van der Waals surface area contributed by atoms with Gasteiger partial charge in [0.05, 0.1) is 12.2 Å². The van der Waals surface area contributed by atoms with Gasteiger partial charge in [0.2, 0.25) is 0 Å². The highest BCUT2D eigenvalue weighted by Gasteiger charge is 2.84. The molecule has 0 aromatic heterocycles. The number of hydrogen-bond donors (Lipinski definition) is 2. The van der Waals surface area contributed by atoms with Crippen LogP contribution in [0.3, 0.4) is 0 Å². The summed E-state index contributed by atoms with van der Waals surface area (Å²) in [7, 11) is 0. The van der Waals surface area contributed by atoms with Gasteiger partial charge in [-0.05, 0) is 91.3 Å². The molecule has 0 radical (unpaired) electrons. The van der Waals surface area contributed by atoms with Crippen molar-refractivity contribution in [2.45, 2.75) is 110 Å². The van der Waals surface area contributed by atoms with Crippen molar-refractivity contribution in [1.82, 2.24) is 10.2 Å². The third-order valence-electron chi connectivity index (χ3n) is 14.6. The van der Waals surface area contributed by atoms with Gasteiger partial charge in [0.15, 0.2) is 0 Å². The van der Waals surface area contributed by atoms with E-state index in [1.807, 2.05) is 4.90 Å². The molecular formula is C32H51FN2O4. The number of ether oxygens (including phenoxy) is 2. The number of rotatable bonds is 4. The van der Waals surface area contributed by atoms with Crippen LogP contribution in [0.2, 0.25) is 0 Å². The maximum atomic E-state index is 13.1. The number of hydrogen-bond acceptors (Lipinski definition) is 5. The third kappa shape index (κ3) is 3.33. The Kier molecular flexibility index (Phi) is 5.92. The Hall–Kier alpha value is -0.920. The Morgan fingerprint density at radius 3 is 2.51 bits per heavy atom. The van der Waals surface area contributed by atoms with Crippen molar-refractivity contribution in [3.05, 3.63) is 0 Å². The Bertz CT molecular complexity index is 1020. The number of likely N-dealkylation sites (tertiary alicyclic amines) is 1. The minimum atomic E-state index is -0.716. The fourth-order valence-electron chi connectivity index (χ4n) is 12.5. The molecule has 5 saturated carbocycles. The van der Waals surface area contributed by atoms with E-state index in [1.165, 1.54) is 19.3 Å². The first-order valence-electron chi connectivity index (χ1n) is 16.0. The maximum Gasteiger partial charge on any atom is 0.407 e. The van der Waals surface area contributed by atoms with Crippen molar-refractivity contribution >= 4 is 6.09 Å². The van der Waals surface area contributed by atoms with Crippen molar-refractivity contribution in [1.29, 1.82) is 0 Å². The normalized spacial score (nSPS) is 53.8. The van der Waals surface area contributed by atoms with Crippen molar-refractivity contribution in [3.63, 3.8) is 0 Å². The number of alkyl halides is 1. The Morgan fingerprint density at radius 2 is 1.77 bits per heavy atom. The van der Waals surface area contributed by atoms with Gasteiger partial charge in [0, 0.05) is 43.6 Å².